The molecule has 1 heterocycles. The van der Waals surface area contributed by atoms with E-state index in [9.17, 15) is 0 Å². The maximum Gasteiger partial charge on any atom is 0.325 e. The van der Waals surface area contributed by atoms with Gasteiger partial charge in [-0.3, -0.25) is 0 Å². The highest BCUT2D eigenvalue weighted by Crippen LogP contribution is 2.78. The number of hydrogen-bond donors (Lipinski definition) is 0. The lowest BCUT2D eigenvalue weighted by molar-refractivity contribution is 0.552. The van der Waals surface area contributed by atoms with Gasteiger partial charge in [-0.25, -0.2) is 8.88 Å². The molecule has 1 saturated heterocycles. The van der Waals surface area contributed by atoms with Crippen LogP contribution in [0.5, 0.6) is 11.5 Å². The van der Waals surface area contributed by atoms with Gasteiger partial charge < -0.3 is 9.05 Å². The molecule has 4 aromatic rings. The number of para-hydroxylation sites is 4. The summed E-state index contributed by atoms with van der Waals surface area (Å²) in [6.07, 6.45) is 0. The van der Waals surface area contributed by atoms with Crippen LogP contribution in [0, 0.1) is 0 Å². The van der Waals surface area contributed by atoms with Gasteiger partial charge in [0, 0.05) is 0 Å². The third kappa shape index (κ3) is 6.03. The van der Waals surface area contributed by atoms with Crippen LogP contribution in [0.2, 0.25) is 0 Å². The maximum atomic E-state index is 7.25. The Bertz CT molecular complexity index is 1300. The molecule has 220 valence electrons. The molecule has 0 aliphatic carbocycles. The molecule has 5 rings (SSSR count). The van der Waals surface area contributed by atoms with E-state index in [4.69, 9.17) is 9.05 Å². The van der Waals surface area contributed by atoms with Gasteiger partial charge in [0.05, 0.1) is 11.4 Å². The summed E-state index contributed by atoms with van der Waals surface area (Å²) < 4.78 is 19.3. The van der Waals surface area contributed by atoms with E-state index < -0.39 is 16.9 Å². The van der Waals surface area contributed by atoms with Gasteiger partial charge in [0.15, 0.2) is 0 Å². The largest absolute Gasteiger partial charge is 0.435 e. The van der Waals surface area contributed by atoms with Crippen molar-refractivity contribution in [3.63, 3.8) is 0 Å². The molecule has 0 radical (unpaired) electrons. The van der Waals surface area contributed by atoms with Crippen LogP contribution in [0.3, 0.4) is 0 Å². The summed E-state index contributed by atoms with van der Waals surface area (Å²) in [5, 5.41) is 0. The lowest BCUT2D eigenvalue weighted by atomic mass is 9.94. The first-order valence-electron chi connectivity index (χ1n) is 15.1. The predicted octanol–water partition coefficient (Wildman–Crippen LogP) is 12.1. The number of benzene rings is 4. The zero-order valence-electron chi connectivity index (χ0n) is 26.2. The molecule has 1 fully saturated rings. The molecule has 1 aliphatic heterocycles. The van der Waals surface area contributed by atoms with Gasteiger partial charge >= 0.3 is 16.9 Å². The van der Waals surface area contributed by atoms with Crippen molar-refractivity contribution in [3.8, 4) is 11.5 Å². The molecular formula is C36H44N2O2P2. The van der Waals surface area contributed by atoms with Crippen LogP contribution in [0.4, 0.5) is 11.4 Å². The SMILES string of the molecule is CC(C)c1cccc(C(C)C)c1OP1N(c2ccccc2)P(Oc2c(C(C)C)cccc2C(C)C)N1c1ccccc1. The van der Waals surface area contributed by atoms with Crippen LogP contribution in [-0.2, 0) is 0 Å². The van der Waals surface area contributed by atoms with Gasteiger partial charge in [0.1, 0.15) is 11.5 Å². The molecule has 0 unspecified atom stereocenters. The zero-order chi connectivity index (χ0) is 30.0. The highest BCUT2D eigenvalue weighted by Gasteiger charge is 2.55. The molecule has 6 heteroatoms. The van der Waals surface area contributed by atoms with Gasteiger partial charge in [-0.05, 0) is 70.2 Å². The van der Waals surface area contributed by atoms with Crippen LogP contribution in [-0.4, -0.2) is 0 Å². The molecule has 4 aromatic carbocycles. The van der Waals surface area contributed by atoms with Gasteiger partial charge in [-0.1, -0.05) is 128 Å². The predicted molar refractivity (Wildman–Crippen MR) is 182 cm³/mol. The highest BCUT2D eigenvalue weighted by molar-refractivity contribution is 7.91. The van der Waals surface area contributed by atoms with Crippen molar-refractivity contribution >= 4 is 28.3 Å². The Morgan fingerprint density at radius 1 is 0.405 bits per heavy atom. The summed E-state index contributed by atoms with van der Waals surface area (Å²) in [7, 11) is -2.50. The fourth-order valence-corrected chi connectivity index (χ4v) is 9.90. The average molecular weight is 599 g/mol. The second kappa shape index (κ2) is 13.1. The van der Waals surface area contributed by atoms with E-state index >= 15 is 0 Å². The summed E-state index contributed by atoms with van der Waals surface area (Å²) >= 11 is 0. The van der Waals surface area contributed by atoms with Crippen molar-refractivity contribution in [2.24, 2.45) is 0 Å². The minimum Gasteiger partial charge on any atom is -0.435 e. The van der Waals surface area contributed by atoms with Crippen LogP contribution in [0.15, 0.2) is 97.1 Å². The molecule has 4 nitrogen and oxygen atoms in total. The summed E-state index contributed by atoms with van der Waals surface area (Å²) in [6.45, 7) is 18.0. The first-order chi connectivity index (χ1) is 20.2. The molecule has 0 bridgehead atoms. The average Bonchev–Trinajstić information content (AvgIpc) is 2.97. The van der Waals surface area contributed by atoms with E-state index in [1.54, 1.807) is 0 Å². The first kappa shape index (κ1) is 30.4. The van der Waals surface area contributed by atoms with Gasteiger partial charge in [-0.15, -0.1) is 0 Å². The van der Waals surface area contributed by atoms with E-state index in [0.717, 1.165) is 22.9 Å². The quantitative estimate of drug-likeness (QED) is 0.170. The molecular weight excluding hydrogens is 554 g/mol. The minimum absolute atomic E-state index is 0.342. The molecule has 0 spiro atoms. The summed E-state index contributed by atoms with van der Waals surface area (Å²) in [5.74, 6) is 3.39. The molecule has 42 heavy (non-hydrogen) atoms. The normalized spacial score (nSPS) is 16.9. The van der Waals surface area contributed by atoms with Gasteiger partial charge in [0.25, 0.3) is 0 Å². The van der Waals surface area contributed by atoms with Gasteiger partial charge in [0.2, 0.25) is 0 Å². The molecule has 1 aliphatic rings. The molecule has 0 atom stereocenters. The lowest BCUT2D eigenvalue weighted by Gasteiger charge is -2.54. The smallest absolute Gasteiger partial charge is 0.325 e. The Hall–Kier alpha value is -3.06. The minimum atomic E-state index is -1.25. The summed E-state index contributed by atoms with van der Waals surface area (Å²) in [4.78, 5) is 0. The zero-order valence-corrected chi connectivity index (χ0v) is 27.9. The summed E-state index contributed by atoms with van der Waals surface area (Å²) in [6, 6.07) is 34.5. The van der Waals surface area contributed by atoms with Crippen molar-refractivity contribution in [1.29, 1.82) is 0 Å². The molecule has 0 N–H and O–H groups in total. The van der Waals surface area contributed by atoms with Crippen LogP contribution < -0.4 is 17.9 Å². The number of hydrogen-bond acceptors (Lipinski definition) is 4. The van der Waals surface area contributed by atoms with E-state index in [0.29, 0.717) is 23.7 Å². The first-order valence-corrected chi connectivity index (χ1v) is 17.4. The molecule has 0 aromatic heterocycles. The van der Waals surface area contributed by atoms with E-state index in [1.165, 1.54) is 22.3 Å². The van der Waals surface area contributed by atoms with Crippen molar-refractivity contribution in [2.75, 3.05) is 8.88 Å². The van der Waals surface area contributed by atoms with Crippen LogP contribution in [0.1, 0.15) is 101 Å². The third-order valence-electron chi connectivity index (χ3n) is 7.61. The Morgan fingerprint density at radius 2 is 0.690 bits per heavy atom. The second-order valence-electron chi connectivity index (χ2n) is 12.1. The number of anilines is 2. The number of rotatable bonds is 10. The maximum absolute atomic E-state index is 7.25. The Kier molecular flexibility index (Phi) is 9.46. The van der Waals surface area contributed by atoms with Crippen LogP contribution >= 0.6 is 16.9 Å². The monoisotopic (exact) mass is 598 g/mol. The van der Waals surface area contributed by atoms with E-state index in [1.807, 2.05) is 0 Å². The van der Waals surface area contributed by atoms with Crippen molar-refractivity contribution in [1.82, 2.24) is 0 Å². The molecule has 0 amide bonds. The van der Waals surface area contributed by atoms with Crippen molar-refractivity contribution in [2.45, 2.75) is 79.1 Å². The van der Waals surface area contributed by atoms with E-state index in [-0.39, 0.29) is 0 Å². The Morgan fingerprint density at radius 3 is 0.952 bits per heavy atom. The molecule has 0 saturated carbocycles. The standard InChI is InChI=1S/C36H44N2O2P2/c1-25(2)31-21-15-22-32(26(3)4)35(31)39-41-37(29-17-11-9-12-18-29)42(38(41)30-19-13-10-14-20-30)40-36-33(27(5)6)23-16-24-34(36)28(7)8/h9-28H,1-8H3. The fraction of sp³-hybridized carbons (Fsp3) is 0.333. The van der Waals surface area contributed by atoms with E-state index in [2.05, 4.69) is 161 Å². The van der Waals surface area contributed by atoms with Crippen molar-refractivity contribution in [3.05, 3.63) is 119 Å². The number of nitrogens with zero attached hydrogens (tertiary/aromatic N) is 2. The summed E-state index contributed by atoms with van der Waals surface area (Å²) in [5.41, 5.74) is 7.21. The highest BCUT2D eigenvalue weighted by atomic mass is 31.3. The second-order valence-corrected chi connectivity index (χ2v) is 15.7. The Labute approximate surface area is 255 Å². The van der Waals surface area contributed by atoms with Crippen LogP contribution in [0.25, 0.3) is 0 Å². The van der Waals surface area contributed by atoms with Crippen molar-refractivity contribution < 1.29 is 9.05 Å². The third-order valence-corrected chi connectivity index (χ3v) is 12.4. The Balaban J connectivity index is 1.67. The fourth-order valence-electron chi connectivity index (χ4n) is 5.27. The topological polar surface area (TPSA) is 24.9 Å². The van der Waals surface area contributed by atoms with Gasteiger partial charge in [-0.2, -0.15) is 0 Å². The lowest BCUT2D eigenvalue weighted by Crippen LogP contribution is -2.41.